The maximum absolute atomic E-state index is 14.4. The van der Waals surface area contributed by atoms with Gasteiger partial charge >= 0.3 is 6.18 Å². The number of rotatable bonds is 8. The molecule has 1 N–H and O–H groups in total. The molecule has 11 heteroatoms. The normalized spacial score (nSPS) is 18.4. The van der Waals surface area contributed by atoms with E-state index < -0.39 is 18.2 Å². The molecule has 2 atom stereocenters. The SMILES string of the molecule is O=C(NCC(Cl)CCCCl)c1ccc(C2=NOC(c3cc(Cl)cc(Cl)c3)(C(F)(F)F)C2)c2ccccc12. The van der Waals surface area contributed by atoms with Crippen LogP contribution < -0.4 is 5.32 Å². The highest BCUT2D eigenvalue weighted by atomic mass is 35.5. The number of carbonyl (C=O) groups excluding carboxylic acids is 1. The van der Waals surface area contributed by atoms with Crippen LogP contribution in [0, 0.1) is 0 Å². The Bertz CT molecular complexity index is 1330. The number of oxime groups is 1. The van der Waals surface area contributed by atoms with E-state index in [1.54, 1.807) is 36.4 Å². The molecule has 4 nitrogen and oxygen atoms in total. The van der Waals surface area contributed by atoms with Crippen molar-refractivity contribution >= 4 is 68.8 Å². The number of alkyl halides is 5. The van der Waals surface area contributed by atoms with E-state index in [2.05, 4.69) is 10.5 Å². The van der Waals surface area contributed by atoms with Crippen molar-refractivity contribution in [2.75, 3.05) is 12.4 Å². The molecule has 0 fully saturated rings. The average Bonchev–Trinajstić information content (AvgIpc) is 3.32. The van der Waals surface area contributed by atoms with E-state index >= 15 is 0 Å². The molecular weight excluding hydrogens is 571 g/mol. The van der Waals surface area contributed by atoms with Crippen molar-refractivity contribution in [2.24, 2.45) is 5.16 Å². The molecule has 0 saturated carbocycles. The fraction of sp³-hybridized carbons (Fsp3) is 0.308. The molecule has 1 amide bonds. The molecule has 0 radical (unpaired) electrons. The minimum absolute atomic E-state index is 0.0471. The smallest absolute Gasteiger partial charge is 0.374 e. The molecule has 1 aliphatic heterocycles. The summed E-state index contributed by atoms with van der Waals surface area (Å²) in [7, 11) is 0. The number of fused-ring (bicyclic) bond motifs is 1. The van der Waals surface area contributed by atoms with Crippen molar-refractivity contribution in [3.05, 3.63) is 81.3 Å². The number of amides is 1. The van der Waals surface area contributed by atoms with E-state index in [1.165, 1.54) is 18.2 Å². The van der Waals surface area contributed by atoms with Gasteiger partial charge in [0.15, 0.2) is 0 Å². The molecule has 0 aromatic heterocycles. The quantitative estimate of drug-likeness (QED) is 0.269. The second-order valence-corrected chi connectivity index (χ2v) is 10.5. The molecule has 2 unspecified atom stereocenters. The van der Waals surface area contributed by atoms with Gasteiger partial charge in [-0.3, -0.25) is 4.79 Å². The first-order valence-electron chi connectivity index (χ1n) is 11.3. The third kappa shape index (κ3) is 5.80. The summed E-state index contributed by atoms with van der Waals surface area (Å²) in [6.45, 7) is 0.254. The summed E-state index contributed by atoms with van der Waals surface area (Å²) in [5.41, 5.74) is -2.14. The lowest BCUT2D eigenvalue weighted by atomic mass is 9.85. The minimum Gasteiger partial charge on any atom is -0.374 e. The summed E-state index contributed by atoms with van der Waals surface area (Å²) in [4.78, 5) is 18.1. The van der Waals surface area contributed by atoms with Crippen LogP contribution in [-0.4, -0.2) is 35.6 Å². The highest BCUT2D eigenvalue weighted by molar-refractivity contribution is 6.34. The van der Waals surface area contributed by atoms with E-state index in [9.17, 15) is 18.0 Å². The number of hydrogen-bond acceptors (Lipinski definition) is 3. The highest BCUT2D eigenvalue weighted by Gasteiger charge is 2.62. The summed E-state index contributed by atoms with van der Waals surface area (Å²) in [5, 5.41) is 7.61. The fourth-order valence-corrected chi connectivity index (χ4v) is 5.20. The maximum Gasteiger partial charge on any atom is 0.435 e. The number of carbonyl (C=O) groups is 1. The van der Waals surface area contributed by atoms with E-state index in [0.717, 1.165) is 6.42 Å². The summed E-state index contributed by atoms with van der Waals surface area (Å²) < 4.78 is 43.2. The van der Waals surface area contributed by atoms with Gasteiger partial charge in [-0.1, -0.05) is 58.7 Å². The summed E-state index contributed by atoms with van der Waals surface area (Å²) >= 11 is 23.9. The Morgan fingerprint density at radius 1 is 1.08 bits per heavy atom. The number of hydrogen-bond donors (Lipinski definition) is 1. The predicted octanol–water partition coefficient (Wildman–Crippen LogP) is 8.09. The van der Waals surface area contributed by atoms with Gasteiger partial charge in [-0.05, 0) is 47.9 Å². The third-order valence-corrected chi connectivity index (χ3v) is 7.21. The van der Waals surface area contributed by atoms with Gasteiger partial charge in [0, 0.05) is 45.6 Å². The molecule has 0 aliphatic carbocycles. The summed E-state index contributed by atoms with van der Waals surface area (Å²) in [6, 6.07) is 13.7. The molecule has 1 heterocycles. The number of nitrogens with zero attached hydrogens (tertiary/aromatic N) is 1. The van der Waals surface area contributed by atoms with Gasteiger partial charge in [-0.15, -0.1) is 23.2 Å². The number of nitrogens with one attached hydrogen (secondary N) is 1. The van der Waals surface area contributed by atoms with Gasteiger partial charge in [0.25, 0.3) is 11.5 Å². The zero-order chi connectivity index (χ0) is 26.8. The lowest BCUT2D eigenvalue weighted by Gasteiger charge is -2.29. The molecule has 3 aromatic carbocycles. The van der Waals surface area contributed by atoms with E-state index in [4.69, 9.17) is 51.2 Å². The fourth-order valence-electron chi connectivity index (χ4n) is 4.28. The van der Waals surface area contributed by atoms with Crippen molar-refractivity contribution in [3.8, 4) is 0 Å². The van der Waals surface area contributed by atoms with Gasteiger partial charge < -0.3 is 10.2 Å². The Morgan fingerprint density at radius 2 is 1.76 bits per heavy atom. The van der Waals surface area contributed by atoms with Crippen LogP contribution in [0.5, 0.6) is 0 Å². The predicted molar refractivity (Wildman–Crippen MR) is 142 cm³/mol. The molecule has 196 valence electrons. The summed E-state index contributed by atoms with van der Waals surface area (Å²) in [6.07, 6.45) is -4.03. The molecular formula is C26H21Cl4F3N2O2. The Morgan fingerprint density at radius 3 is 2.41 bits per heavy atom. The monoisotopic (exact) mass is 590 g/mol. The van der Waals surface area contributed by atoms with Crippen LogP contribution >= 0.6 is 46.4 Å². The third-order valence-electron chi connectivity index (χ3n) is 6.13. The minimum atomic E-state index is -4.82. The standard InChI is InChI=1S/C26H21Cl4F3N2O2/c27-9-3-4-16(28)14-34-24(36)22-8-7-21(19-5-1-2-6-20(19)22)23-13-25(37-35-23,26(31,32)33)15-10-17(29)12-18(30)11-15/h1-2,5-8,10-12,16H,3-4,9,13-14H2,(H,34,36). The molecule has 4 rings (SSSR count). The van der Waals surface area contributed by atoms with Crippen LogP contribution in [0.1, 0.15) is 40.7 Å². The van der Waals surface area contributed by atoms with Gasteiger partial charge in [0.1, 0.15) is 0 Å². The van der Waals surface area contributed by atoms with Crippen molar-refractivity contribution in [3.63, 3.8) is 0 Å². The molecule has 0 saturated heterocycles. The number of benzene rings is 3. The molecule has 1 aliphatic rings. The van der Waals surface area contributed by atoms with E-state index in [0.29, 0.717) is 34.2 Å². The molecule has 0 bridgehead atoms. The van der Waals surface area contributed by atoms with Crippen molar-refractivity contribution < 1.29 is 22.8 Å². The van der Waals surface area contributed by atoms with Crippen LogP contribution in [0.15, 0.2) is 59.8 Å². The van der Waals surface area contributed by atoms with Gasteiger partial charge in [-0.2, -0.15) is 13.2 Å². The highest BCUT2D eigenvalue weighted by Crippen LogP contribution is 2.50. The maximum atomic E-state index is 14.4. The van der Waals surface area contributed by atoms with Crippen LogP contribution in [0.4, 0.5) is 13.2 Å². The number of halogens is 7. The van der Waals surface area contributed by atoms with Crippen LogP contribution in [-0.2, 0) is 10.4 Å². The first kappa shape index (κ1) is 27.8. The van der Waals surface area contributed by atoms with Crippen molar-refractivity contribution in [2.45, 2.75) is 36.4 Å². The van der Waals surface area contributed by atoms with Gasteiger partial charge in [0.05, 0.1) is 11.1 Å². The Kier molecular flexibility index (Phi) is 8.48. The Balaban J connectivity index is 1.66. The summed E-state index contributed by atoms with van der Waals surface area (Å²) in [5.74, 6) is 0.138. The molecule has 3 aromatic rings. The molecule has 0 spiro atoms. The Hall–Kier alpha value is -2.19. The zero-order valence-electron chi connectivity index (χ0n) is 19.2. The zero-order valence-corrected chi connectivity index (χ0v) is 22.2. The lowest BCUT2D eigenvalue weighted by Crippen LogP contribution is -2.42. The topological polar surface area (TPSA) is 50.7 Å². The van der Waals surface area contributed by atoms with Gasteiger partial charge in [-0.25, -0.2) is 0 Å². The average molecular weight is 592 g/mol. The van der Waals surface area contributed by atoms with Crippen LogP contribution in [0.25, 0.3) is 10.8 Å². The Labute approximate surface area is 231 Å². The second-order valence-electron chi connectivity index (χ2n) is 8.63. The van der Waals surface area contributed by atoms with E-state index in [-0.39, 0.29) is 39.1 Å². The first-order valence-corrected chi connectivity index (χ1v) is 13.1. The van der Waals surface area contributed by atoms with Gasteiger partial charge in [0.2, 0.25) is 0 Å². The largest absolute Gasteiger partial charge is 0.435 e. The van der Waals surface area contributed by atoms with Crippen LogP contribution in [0.3, 0.4) is 0 Å². The molecule has 37 heavy (non-hydrogen) atoms. The first-order chi connectivity index (χ1) is 17.6. The van der Waals surface area contributed by atoms with Crippen molar-refractivity contribution in [1.82, 2.24) is 5.32 Å². The lowest BCUT2D eigenvalue weighted by molar-refractivity contribution is -0.275. The van der Waals surface area contributed by atoms with Crippen molar-refractivity contribution in [1.29, 1.82) is 0 Å². The second kappa shape index (κ2) is 11.3. The van der Waals surface area contributed by atoms with E-state index in [1.807, 2.05) is 0 Å². The van der Waals surface area contributed by atoms with Crippen LogP contribution in [0.2, 0.25) is 10.0 Å².